The Morgan fingerprint density at radius 3 is 2.47 bits per heavy atom. The summed E-state index contributed by atoms with van der Waals surface area (Å²) >= 11 is 0. The molecule has 1 aromatic carbocycles. The van der Waals surface area contributed by atoms with Gasteiger partial charge in [-0.25, -0.2) is 8.78 Å². The fourth-order valence-corrected chi connectivity index (χ4v) is 2.61. The number of nitrogens with zero attached hydrogens (tertiary/aromatic N) is 1. The molecule has 0 aromatic heterocycles. The van der Waals surface area contributed by atoms with Crippen molar-refractivity contribution in [1.29, 1.82) is 0 Å². The average Bonchev–Trinajstić information content (AvgIpc) is 2.38. The standard InChI is InChI=1S/C13H18F2N2/c1-17-5-3-2-4-12(16)13(17)9-6-10(14)8-11(15)7-9/h6-8,12-13H,2-5,16H2,1H3. The molecule has 1 aromatic rings. The third-order valence-corrected chi connectivity index (χ3v) is 3.41. The SMILES string of the molecule is CN1CCCCC(N)C1c1cc(F)cc(F)c1. The molecular weight excluding hydrogens is 222 g/mol. The molecule has 0 saturated carbocycles. The minimum absolute atomic E-state index is 0.0660. The first-order valence-corrected chi connectivity index (χ1v) is 6.00. The Morgan fingerprint density at radius 2 is 1.82 bits per heavy atom. The number of rotatable bonds is 1. The summed E-state index contributed by atoms with van der Waals surface area (Å²) in [5.74, 6) is -1.07. The van der Waals surface area contributed by atoms with Gasteiger partial charge in [-0.3, -0.25) is 4.90 Å². The van der Waals surface area contributed by atoms with Gasteiger partial charge in [0.25, 0.3) is 0 Å². The van der Waals surface area contributed by atoms with Gasteiger partial charge in [0, 0.05) is 18.2 Å². The minimum Gasteiger partial charge on any atom is -0.326 e. The molecule has 17 heavy (non-hydrogen) atoms. The molecule has 2 unspecified atom stereocenters. The van der Waals surface area contributed by atoms with E-state index in [-0.39, 0.29) is 12.1 Å². The summed E-state index contributed by atoms with van der Waals surface area (Å²) in [6, 6.07) is 3.50. The van der Waals surface area contributed by atoms with Crippen molar-refractivity contribution in [2.24, 2.45) is 5.73 Å². The van der Waals surface area contributed by atoms with Crippen molar-refractivity contribution in [2.75, 3.05) is 13.6 Å². The Labute approximate surface area is 100 Å². The molecule has 1 aliphatic rings. The number of likely N-dealkylation sites (N-methyl/N-ethyl adjacent to an activating group) is 1. The van der Waals surface area contributed by atoms with Crippen LogP contribution < -0.4 is 5.73 Å². The van der Waals surface area contributed by atoms with Crippen molar-refractivity contribution in [1.82, 2.24) is 4.90 Å². The highest BCUT2D eigenvalue weighted by atomic mass is 19.1. The van der Waals surface area contributed by atoms with E-state index in [1.54, 1.807) is 0 Å². The maximum atomic E-state index is 13.2. The Morgan fingerprint density at radius 1 is 1.18 bits per heavy atom. The maximum Gasteiger partial charge on any atom is 0.126 e. The van der Waals surface area contributed by atoms with Crippen LogP contribution in [0.4, 0.5) is 8.78 Å². The molecular formula is C13H18F2N2. The van der Waals surface area contributed by atoms with Gasteiger partial charge >= 0.3 is 0 Å². The summed E-state index contributed by atoms with van der Waals surface area (Å²) in [5, 5.41) is 0. The lowest BCUT2D eigenvalue weighted by Gasteiger charge is -2.30. The zero-order valence-electron chi connectivity index (χ0n) is 10.00. The molecule has 94 valence electrons. The van der Waals surface area contributed by atoms with Crippen LogP contribution in [0, 0.1) is 11.6 Å². The Bertz CT molecular complexity index is 363. The molecule has 0 spiro atoms. The smallest absolute Gasteiger partial charge is 0.126 e. The average molecular weight is 240 g/mol. The van der Waals surface area contributed by atoms with E-state index < -0.39 is 11.6 Å². The third-order valence-electron chi connectivity index (χ3n) is 3.41. The van der Waals surface area contributed by atoms with Crippen molar-refractivity contribution in [3.05, 3.63) is 35.4 Å². The van der Waals surface area contributed by atoms with Crippen LogP contribution in [-0.4, -0.2) is 24.5 Å². The first-order valence-electron chi connectivity index (χ1n) is 6.00. The van der Waals surface area contributed by atoms with E-state index in [9.17, 15) is 8.78 Å². The maximum absolute atomic E-state index is 13.2. The molecule has 0 bridgehead atoms. The van der Waals surface area contributed by atoms with E-state index in [2.05, 4.69) is 4.90 Å². The Balaban J connectivity index is 2.34. The van der Waals surface area contributed by atoms with Gasteiger partial charge in [-0.05, 0) is 44.1 Å². The predicted octanol–water partition coefficient (Wildman–Crippen LogP) is 2.45. The summed E-state index contributed by atoms with van der Waals surface area (Å²) < 4.78 is 26.5. The van der Waals surface area contributed by atoms with Gasteiger partial charge in [-0.15, -0.1) is 0 Å². The van der Waals surface area contributed by atoms with Crippen LogP contribution in [0.5, 0.6) is 0 Å². The van der Waals surface area contributed by atoms with E-state index in [0.717, 1.165) is 31.9 Å². The first-order chi connectivity index (χ1) is 8.08. The van der Waals surface area contributed by atoms with Gasteiger partial charge in [0.2, 0.25) is 0 Å². The monoisotopic (exact) mass is 240 g/mol. The molecule has 0 radical (unpaired) electrons. The number of hydrogen-bond acceptors (Lipinski definition) is 2. The molecule has 1 saturated heterocycles. The highest BCUT2D eigenvalue weighted by Crippen LogP contribution is 2.29. The van der Waals surface area contributed by atoms with Crippen molar-refractivity contribution >= 4 is 0 Å². The fourth-order valence-electron chi connectivity index (χ4n) is 2.61. The zero-order valence-corrected chi connectivity index (χ0v) is 10.00. The van der Waals surface area contributed by atoms with E-state index in [1.165, 1.54) is 12.1 Å². The van der Waals surface area contributed by atoms with Gasteiger partial charge in [-0.2, -0.15) is 0 Å². The van der Waals surface area contributed by atoms with E-state index in [0.29, 0.717) is 5.56 Å². The van der Waals surface area contributed by atoms with Crippen molar-refractivity contribution < 1.29 is 8.78 Å². The molecule has 2 rings (SSSR count). The van der Waals surface area contributed by atoms with Gasteiger partial charge < -0.3 is 5.73 Å². The highest BCUT2D eigenvalue weighted by Gasteiger charge is 2.27. The fraction of sp³-hybridized carbons (Fsp3) is 0.538. The number of nitrogens with two attached hydrogens (primary N) is 1. The van der Waals surface area contributed by atoms with Gasteiger partial charge in [-0.1, -0.05) is 6.42 Å². The lowest BCUT2D eigenvalue weighted by molar-refractivity contribution is 0.229. The topological polar surface area (TPSA) is 29.3 Å². The Kier molecular flexibility index (Phi) is 3.74. The largest absolute Gasteiger partial charge is 0.326 e. The van der Waals surface area contributed by atoms with Crippen LogP contribution >= 0.6 is 0 Å². The van der Waals surface area contributed by atoms with E-state index in [1.807, 2.05) is 7.05 Å². The Hall–Kier alpha value is -1.00. The second-order valence-corrected chi connectivity index (χ2v) is 4.79. The molecule has 2 N–H and O–H groups in total. The van der Waals surface area contributed by atoms with E-state index >= 15 is 0 Å². The minimum atomic E-state index is -0.537. The number of halogens is 2. The summed E-state index contributed by atoms with van der Waals surface area (Å²) in [7, 11) is 1.96. The summed E-state index contributed by atoms with van der Waals surface area (Å²) in [5.41, 5.74) is 6.75. The third kappa shape index (κ3) is 2.82. The van der Waals surface area contributed by atoms with Crippen molar-refractivity contribution in [3.63, 3.8) is 0 Å². The highest BCUT2D eigenvalue weighted by molar-refractivity contribution is 5.23. The second kappa shape index (κ2) is 5.10. The normalized spacial score (nSPS) is 26.8. The predicted molar refractivity (Wildman–Crippen MR) is 63.6 cm³/mol. The molecule has 0 amide bonds. The summed E-state index contributed by atoms with van der Waals surface area (Å²) in [6.07, 6.45) is 3.05. The lowest BCUT2D eigenvalue weighted by atomic mass is 9.96. The lowest BCUT2D eigenvalue weighted by Crippen LogP contribution is -2.37. The molecule has 2 nitrogen and oxygen atoms in total. The summed E-state index contributed by atoms with van der Waals surface area (Å²) in [4.78, 5) is 2.09. The van der Waals surface area contributed by atoms with Gasteiger partial charge in [0.15, 0.2) is 0 Å². The zero-order chi connectivity index (χ0) is 12.4. The van der Waals surface area contributed by atoms with Crippen LogP contribution in [0.25, 0.3) is 0 Å². The van der Waals surface area contributed by atoms with Crippen LogP contribution in [0.2, 0.25) is 0 Å². The van der Waals surface area contributed by atoms with Crippen LogP contribution in [0.1, 0.15) is 30.9 Å². The molecule has 1 fully saturated rings. The van der Waals surface area contributed by atoms with E-state index in [4.69, 9.17) is 5.73 Å². The van der Waals surface area contributed by atoms with Crippen LogP contribution in [0.3, 0.4) is 0 Å². The molecule has 1 heterocycles. The number of hydrogen-bond donors (Lipinski definition) is 1. The van der Waals surface area contributed by atoms with Crippen LogP contribution in [-0.2, 0) is 0 Å². The molecule has 4 heteroatoms. The van der Waals surface area contributed by atoms with Gasteiger partial charge in [0.05, 0.1) is 0 Å². The molecule has 0 aliphatic carbocycles. The second-order valence-electron chi connectivity index (χ2n) is 4.79. The number of benzene rings is 1. The molecule has 2 atom stereocenters. The van der Waals surface area contributed by atoms with Crippen LogP contribution in [0.15, 0.2) is 18.2 Å². The quantitative estimate of drug-likeness (QED) is 0.817. The van der Waals surface area contributed by atoms with Crippen molar-refractivity contribution in [2.45, 2.75) is 31.3 Å². The van der Waals surface area contributed by atoms with Crippen molar-refractivity contribution in [3.8, 4) is 0 Å². The number of likely N-dealkylation sites (tertiary alicyclic amines) is 1. The van der Waals surface area contributed by atoms with Gasteiger partial charge in [0.1, 0.15) is 11.6 Å². The molecule has 1 aliphatic heterocycles. The first kappa shape index (κ1) is 12.5. The summed E-state index contributed by atoms with van der Waals surface area (Å²) in [6.45, 7) is 0.913.